The average molecular weight is 300 g/mol. The Morgan fingerprint density at radius 2 is 2.00 bits per heavy atom. The highest BCUT2D eigenvalue weighted by Crippen LogP contribution is 1.99. The van der Waals surface area contributed by atoms with Gasteiger partial charge in [0.25, 0.3) is 0 Å². The van der Waals surface area contributed by atoms with Crippen molar-refractivity contribution >= 4 is 5.91 Å². The van der Waals surface area contributed by atoms with Gasteiger partial charge in [-0.2, -0.15) is 0 Å². The fourth-order valence-corrected chi connectivity index (χ4v) is 2.19. The van der Waals surface area contributed by atoms with Crippen LogP contribution < -0.4 is 10.6 Å². The first-order chi connectivity index (χ1) is 10.8. The maximum absolute atomic E-state index is 11.7. The zero-order chi connectivity index (χ0) is 15.5. The van der Waals surface area contributed by atoms with E-state index in [0.29, 0.717) is 13.0 Å². The van der Waals surface area contributed by atoms with Gasteiger partial charge < -0.3 is 15.6 Å². The Morgan fingerprint density at radius 1 is 1.14 bits per heavy atom. The zero-order valence-corrected chi connectivity index (χ0v) is 12.8. The number of carbonyl (C=O) groups excluding carboxylic acids is 1. The molecule has 0 saturated heterocycles. The Balaban J connectivity index is 1.43. The van der Waals surface area contributed by atoms with Crippen molar-refractivity contribution in [1.29, 1.82) is 0 Å². The normalized spacial score (nSPS) is 10.5. The predicted molar refractivity (Wildman–Crippen MR) is 87.3 cm³/mol. The number of hydrogen-bond acceptors (Lipinski definition) is 3. The minimum atomic E-state index is 0.126. The van der Waals surface area contributed by atoms with Crippen molar-refractivity contribution in [2.45, 2.75) is 32.2 Å². The molecule has 0 bridgehead atoms. The van der Waals surface area contributed by atoms with E-state index in [2.05, 4.69) is 20.6 Å². The molecule has 1 aromatic carbocycles. The second-order valence-corrected chi connectivity index (χ2v) is 5.30. The van der Waals surface area contributed by atoms with E-state index in [1.807, 2.05) is 36.5 Å². The van der Waals surface area contributed by atoms with E-state index in [1.54, 1.807) is 6.33 Å². The Morgan fingerprint density at radius 3 is 2.77 bits per heavy atom. The molecule has 0 aliphatic carbocycles. The molecule has 118 valence electrons. The van der Waals surface area contributed by atoms with Crippen molar-refractivity contribution in [1.82, 2.24) is 20.6 Å². The minimum absolute atomic E-state index is 0.126. The molecule has 1 heterocycles. The largest absolute Gasteiger partial charge is 0.352 e. The van der Waals surface area contributed by atoms with E-state index < -0.39 is 0 Å². The van der Waals surface area contributed by atoms with E-state index in [1.165, 1.54) is 0 Å². The fraction of sp³-hybridized carbons (Fsp3) is 0.412. The molecular formula is C17H24N4O. The molecule has 0 saturated carbocycles. The monoisotopic (exact) mass is 300 g/mol. The molecule has 1 amide bonds. The molecule has 3 N–H and O–H groups in total. The Kier molecular flexibility index (Phi) is 7.18. The second kappa shape index (κ2) is 9.73. The number of imidazole rings is 1. The summed E-state index contributed by atoms with van der Waals surface area (Å²) in [7, 11) is 0. The van der Waals surface area contributed by atoms with Crippen LogP contribution in [-0.2, 0) is 17.8 Å². The molecule has 1 aromatic heterocycles. The highest BCUT2D eigenvalue weighted by atomic mass is 16.1. The molecule has 0 unspecified atom stereocenters. The van der Waals surface area contributed by atoms with Gasteiger partial charge in [-0.1, -0.05) is 30.3 Å². The van der Waals surface area contributed by atoms with Gasteiger partial charge in [-0.25, -0.2) is 4.98 Å². The van der Waals surface area contributed by atoms with Gasteiger partial charge in [0.15, 0.2) is 0 Å². The molecule has 22 heavy (non-hydrogen) atoms. The maximum Gasteiger partial charge on any atom is 0.220 e. The van der Waals surface area contributed by atoms with Gasteiger partial charge in [-0.15, -0.1) is 0 Å². The standard InChI is InChI=1S/C17H24N4O/c22-17(20-12-15-6-2-1-3-7-15)8-4-5-10-18-11-9-16-13-19-14-21-16/h1-3,6-7,13-14,18H,4-5,8-12H2,(H,19,21)(H,20,22). The maximum atomic E-state index is 11.7. The predicted octanol–water partition coefficient (Wildman–Crippen LogP) is 2.03. The number of benzene rings is 1. The Labute approximate surface area is 131 Å². The highest BCUT2D eigenvalue weighted by Gasteiger charge is 2.01. The van der Waals surface area contributed by atoms with Crippen LogP contribution in [-0.4, -0.2) is 29.0 Å². The number of H-pyrrole nitrogens is 1. The lowest BCUT2D eigenvalue weighted by Crippen LogP contribution is -2.23. The van der Waals surface area contributed by atoms with Crippen LogP contribution in [0.2, 0.25) is 0 Å². The van der Waals surface area contributed by atoms with Crippen LogP contribution in [0.15, 0.2) is 42.9 Å². The lowest BCUT2D eigenvalue weighted by molar-refractivity contribution is -0.121. The number of unbranched alkanes of at least 4 members (excludes halogenated alkanes) is 1. The number of carbonyl (C=O) groups is 1. The number of rotatable bonds is 10. The van der Waals surface area contributed by atoms with Gasteiger partial charge in [-0.05, 0) is 24.9 Å². The lowest BCUT2D eigenvalue weighted by Gasteiger charge is -2.06. The minimum Gasteiger partial charge on any atom is -0.352 e. The number of nitrogens with one attached hydrogen (secondary N) is 3. The summed E-state index contributed by atoms with van der Waals surface area (Å²) in [5, 5.41) is 6.32. The zero-order valence-electron chi connectivity index (χ0n) is 12.8. The van der Waals surface area contributed by atoms with E-state index in [0.717, 1.165) is 43.6 Å². The smallest absolute Gasteiger partial charge is 0.220 e. The summed E-state index contributed by atoms with van der Waals surface area (Å²) < 4.78 is 0. The fourth-order valence-electron chi connectivity index (χ4n) is 2.19. The van der Waals surface area contributed by atoms with Crippen LogP contribution in [0.25, 0.3) is 0 Å². The molecule has 0 aliphatic heterocycles. The molecule has 5 heteroatoms. The molecule has 0 aliphatic rings. The molecular weight excluding hydrogens is 276 g/mol. The highest BCUT2D eigenvalue weighted by molar-refractivity contribution is 5.75. The molecule has 0 spiro atoms. The van der Waals surface area contributed by atoms with Gasteiger partial charge in [0, 0.05) is 37.8 Å². The first kappa shape index (κ1) is 16.2. The van der Waals surface area contributed by atoms with Crippen molar-refractivity contribution in [3.05, 3.63) is 54.1 Å². The summed E-state index contributed by atoms with van der Waals surface area (Å²) in [4.78, 5) is 18.8. The summed E-state index contributed by atoms with van der Waals surface area (Å²) in [6, 6.07) is 9.98. The molecule has 0 radical (unpaired) electrons. The van der Waals surface area contributed by atoms with Crippen molar-refractivity contribution in [2.24, 2.45) is 0 Å². The van der Waals surface area contributed by atoms with Gasteiger partial charge >= 0.3 is 0 Å². The summed E-state index contributed by atoms with van der Waals surface area (Å²) in [6.07, 6.45) is 7.02. The van der Waals surface area contributed by atoms with Crippen LogP contribution in [0.4, 0.5) is 0 Å². The first-order valence-corrected chi connectivity index (χ1v) is 7.83. The van der Waals surface area contributed by atoms with Gasteiger partial charge in [0.1, 0.15) is 0 Å². The third-order valence-corrected chi connectivity index (χ3v) is 3.47. The lowest BCUT2D eigenvalue weighted by atomic mass is 10.2. The van der Waals surface area contributed by atoms with Gasteiger partial charge in [0.05, 0.1) is 6.33 Å². The quantitative estimate of drug-likeness (QED) is 0.588. The number of amides is 1. The first-order valence-electron chi connectivity index (χ1n) is 7.83. The summed E-state index contributed by atoms with van der Waals surface area (Å²) >= 11 is 0. The average Bonchev–Trinajstić information content (AvgIpc) is 3.06. The molecule has 2 rings (SSSR count). The van der Waals surface area contributed by atoms with Crippen LogP contribution >= 0.6 is 0 Å². The number of hydrogen-bond donors (Lipinski definition) is 3. The number of aromatic nitrogens is 2. The van der Waals surface area contributed by atoms with E-state index in [4.69, 9.17) is 0 Å². The third-order valence-electron chi connectivity index (χ3n) is 3.47. The van der Waals surface area contributed by atoms with Crippen molar-refractivity contribution in [3.63, 3.8) is 0 Å². The second-order valence-electron chi connectivity index (χ2n) is 5.30. The molecule has 0 atom stereocenters. The van der Waals surface area contributed by atoms with Crippen molar-refractivity contribution in [2.75, 3.05) is 13.1 Å². The van der Waals surface area contributed by atoms with Crippen molar-refractivity contribution < 1.29 is 4.79 Å². The number of aromatic amines is 1. The van der Waals surface area contributed by atoms with E-state index in [9.17, 15) is 4.79 Å². The van der Waals surface area contributed by atoms with Crippen LogP contribution in [0, 0.1) is 0 Å². The van der Waals surface area contributed by atoms with E-state index in [-0.39, 0.29) is 5.91 Å². The van der Waals surface area contributed by atoms with E-state index >= 15 is 0 Å². The molecule has 2 aromatic rings. The summed E-state index contributed by atoms with van der Waals surface area (Å²) in [5.41, 5.74) is 2.28. The summed E-state index contributed by atoms with van der Waals surface area (Å²) in [6.45, 7) is 2.49. The van der Waals surface area contributed by atoms with Gasteiger partial charge in [0.2, 0.25) is 5.91 Å². The SMILES string of the molecule is O=C(CCCCNCCc1cnc[nH]1)NCc1ccccc1. The van der Waals surface area contributed by atoms with Crippen LogP contribution in [0.5, 0.6) is 0 Å². The Bertz CT molecular complexity index is 525. The van der Waals surface area contributed by atoms with Gasteiger partial charge in [-0.3, -0.25) is 4.79 Å². The van der Waals surface area contributed by atoms with Crippen LogP contribution in [0.1, 0.15) is 30.5 Å². The molecule has 5 nitrogen and oxygen atoms in total. The van der Waals surface area contributed by atoms with Crippen LogP contribution in [0.3, 0.4) is 0 Å². The van der Waals surface area contributed by atoms with Crippen molar-refractivity contribution in [3.8, 4) is 0 Å². The number of nitrogens with zero attached hydrogens (tertiary/aromatic N) is 1. The summed E-state index contributed by atoms with van der Waals surface area (Å²) in [5.74, 6) is 0.126. The molecule has 0 fully saturated rings. The Hall–Kier alpha value is -2.14. The topological polar surface area (TPSA) is 69.8 Å². The third kappa shape index (κ3) is 6.54.